The summed E-state index contributed by atoms with van der Waals surface area (Å²) >= 11 is 0. The molecule has 0 saturated heterocycles. The van der Waals surface area contributed by atoms with Crippen molar-refractivity contribution in [3.05, 3.63) is 41.3 Å². The van der Waals surface area contributed by atoms with Gasteiger partial charge in [0.2, 0.25) is 5.89 Å². The Labute approximate surface area is 231 Å². The first-order chi connectivity index (χ1) is 18.5. The van der Waals surface area contributed by atoms with E-state index in [0.29, 0.717) is 36.3 Å². The molecular weight excluding hydrogens is 496 g/mol. The quantitative estimate of drug-likeness (QED) is 0.288. The first kappa shape index (κ1) is 30.6. The summed E-state index contributed by atoms with van der Waals surface area (Å²) in [7, 11) is 0. The minimum atomic E-state index is -1.30. The molecular formula is C31H42N2O6. The van der Waals surface area contributed by atoms with E-state index in [1.165, 1.54) is 0 Å². The summed E-state index contributed by atoms with van der Waals surface area (Å²) in [5.41, 5.74) is 7.46. The number of Topliss-reactive ketones (excluding diaryl/α,β-unsaturated/α-hetero) is 1. The van der Waals surface area contributed by atoms with Crippen molar-refractivity contribution in [2.24, 2.45) is 23.0 Å². The Balaban J connectivity index is 1.93. The molecule has 0 amide bonds. The Morgan fingerprint density at radius 3 is 2.69 bits per heavy atom. The van der Waals surface area contributed by atoms with Crippen LogP contribution in [0.3, 0.4) is 0 Å². The standard InChI is InChI=1S/C31H42N2O6/c1-6-7-11-22-29(36)20(3)10-8-9-19(2)12-14-24(39-28(35)17-26(34)31(4,5)30(22)37)21-13-15-25-23(16-21)33-27(18-32)38-25/h1,12-13,15-16,20,22,24,26,29,34,36H,7-11,14,17-18,32H2,2-5H3/b19-12-. The van der Waals surface area contributed by atoms with E-state index in [1.54, 1.807) is 19.9 Å². The van der Waals surface area contributed by atoms with Gasteiger partial charge in [-0.2, -0.15) is 0 Å². The van der Waals surface area contributed by atoms with Gasteiger partial charge in [-0.3, -0.25) is 9.59 Å². The molecule has 8 nitrogen and oxygen atoms in total. The number of oxazole rings is 1. The third-order valence-electron chi connectivity index (χ3n) is 7.95. The summed E-state index contributed by atoms with van der Waals surface area (Å²) in [6, 6.07) is 5.43. The Bertz CT molecular complexity index is 1220. The average molecular weight is 539 g/mol. The molecule has 8 heteroatoms. The number of nitrogens with zero attached hydrogens (tertiary/aromatic N) is 1. The van der Waals surface area contributed by atoms with Crippen LogP contribution in [0, 0.1) is 29.6 Å². The van der Waals surface area contributed by atoms with Crippen LogP contribution < -0.4 is 5.73 Å². The molecule has 5 unspecified atom stereocenters. The van der Waals surface area contributed by atoms with Crippen molar-refractivity contribution in [3.8, 4) is 12.3 Å². The number of carbonyl (C=O) groups is 2. The maximum Gasteiger partial charge on any atom is 0.309 e. The molecule has 1 aliphatic rings. The van der Waals surface area contributed by atoms with E-state index in [2.05, 4.69) is 17.0 Å². The Morgan fingerprint density at radius 1 is 1.26 bits per heavy atom. The smallest absolute Gasteiger partial charge is 0.309 e. The lowest BCUT2D eigenvalue weighted by Crippen LogP contribution is -2.46. The fourth-order valence-electron chi connectivity index (χ4n) is 5.17. The topological polar surface area (TPSA) is 136 Å². The number of carbonyl (C=O) groups excluding carboxylic acids is 2. The first-order valence-electron chi connectivity index (χ1n) is 13.8. The number of cyclic esters (lactones) is 1. The molecule has 0 fully saturated rings. The van der Waals surface area contributed by atoms with E-state index in [1.807, 2.05) is 26.0 Å². The van der Waals surface area contributed by atoms with Crippen LogP contribution in [0.1, 0.15) is 90.2 Å². The first-order valence-corrected chi connectivity index (χ1v) is 13.8. The highest BCUT2D eigenvalue weighted by Gasteiger charge is 2.43. The van der Waals surface area contributed by atoms with Gasteiger partial charge in [-0.1, -0.05) is 38.5 Å². The highest BCUT2D eigenvalue weighted by molar-refractivity contribution is 5.88. The van der Waals surface area contributed by atoms with Crippen molar-refractivity contribution in [2.75, 3.05) is 0 Å². The van der Waals surface area contributed by atoms with Gasteiger partial charge < -0.3 is 25.1 Å². The van der Waals surface area contributed by atoms with Crippen LogP contribution in [0.5, 0.6) is 0 Å². The van der Waals surface area contributed by atoms with Crippen molar-refractivity contribution >= 4 is 22.9 Å². The van der Waals surface area contributed by atoms with Crippen LogP contribution >= 0.6 is 0 Å². The third-order valence-corrected chi connectivity index (χ3v) is 7.95. The molecule has 1 aliphatic heterocycles. The molecule has 0 aliphatic carbocycles. The van der Waals surface area contributed by atoms with Gasteiger partial charge in [0.05, 0.1) is 30.6 Å². The predicted octanol–water partition coefficient (Wildman–Crippen LogP) is 4.76. The molecule has 0 spiro atoms. The minimum absolute atomic E-state index is 0.129. The van der Waals surface area contributed by atoms with Crippen molar-refractivity contribution in [1.82, 2.24) is 4.98 Å². The van der Waals surface area contributed by atoms with Crippen LogP contribution in [0.25, 0.3) is 11.1 Å². The molecule has 212 valence electrons. The lowest BCUT2D eigenvalue weighted by molar-refractivity contribution is -0.156. The van der Waals surface area contributed by atoms with Crippen molar-refractivity contribution in [3.63, 3.8) is 0 Å². The number of nitrogens with two attached hydrogens (primary N) is 1. The van der Waals surface area contributed by atoms with Crippen LogP contribution in [-0.2, 0) is 20.9 Å². The summed E-state index contributed by atoms with van der Waals surface area (Å²) in [4.78, 5) is 31.1. The highest BCUT2D eigenvalue weighted by Crippen LogP contribution is 2.35. The van der Waals surface area contributed by atoms with Gasteiger partial charge in [0.1, 0.15) is 17.4 Å². The van der Waals surface area contributed by atoms with Gasteiger partial charge in [-0.25, -0.2) is 4.98 Å². The third kappa shape index (κ3) is 7.57. The number of ether oxygens (including phenoxy) is 1. The van der Waals surface area contributed by atoms with Crippen LogP contribution in [-0.4, -0.2) is 39.2 Å². The second kappa shape index (κ2) is 13.4. The molecule has 0 bridgehead atoms. The molecule has 0 radical (unpaired) electrons. The molecule has 4 N–H and O–H groups in total. The van der Waals surface area contributed by atoms with Gasteiger partial charge in [0.15, 0.2) is 5.58 Å². The number of aromatic nitrogens is 1. The van der Waals surface area contributed by atoms with Crippen molar-refractivity contribution in [2.45, 2.75) is 97.5 Å². The number of allylic oxidation sites excluding steroid dienone is 1. The number of ketones is 1. The molecule has 2 aromatic rings. The molecule has 0 saturated carbocycles. The lowest BCUT2D eigenvalue weighted by Gasteiger charge is -2.36. The zero-order valence-corrected chi connectivity index (χ0v) is 23.5. The summed E-state index contributed by atoms with van der Waals surface area (Å²) in [6.07, 6.45) is 7.83. The fraction of sp³-hybridized carbons (Fsp3) is 0.581. The number of aliphatic hydroxyl groups is 2. The second-order valence-corrected chi connectivity index (χ2v) is 11.3. The average Bonchev–Trinajstić information content (AvgIpc) is 3.32. The summed E-state index contributed by atoms with van der Waals surface area (Å²) in [5, 5.41) is 22.2. The van der Waals surface area contributed by atoms with E-state index in [4.69, 9.17) is 21.3 Å². The van der Waals surface area contributed by atoms with E-state index >= 15 is 0 Å². The maximum atomic E-state index is 13.7. The number of fused-ring (bicyclic) bond motifs is 1. The Morgan fingerprint density at radius 2 is 2.00 bits per heavy atom. The van der Waals surface area contributed by atoms with Crippen LogP contribution in [0.15, 0.2) is 34.3 Å². The summed E-state index contributed by atoms with van der Waals surface area (Å²) in [5.74, 6) is 1.19. The summed E-state index contributed by atoms with van der Waals surface area (Å²) < 4.78 is 11.5. The number of terminal acetylenes is 1. The lowest BCUT2D eigenvalue weighted by atomic mass is 9.71. The number of rotatable bonds is 4. The highest BCUT2D eigenvalue weighted by atomic mass is 16.5. The van der Waals surface area contributed by atoms with Crippen LogP contribution in [0.4, 0.5) is 0 Å². The van der Waals surface area contributed by atoms with Gasteiger partial charge in [-0.05, 0) is 56.2 Å². The van der Waals surface area contributed by atoms with Gasteiger partial charge in [-0.15, -0.1) is 12.3 Å². The zero-order chi connectivity index (χ0) is 28.7. The Hall–Kier alpha value is -2.99. The van der Waals surface area contributed by atoms with E-state index in [9.17, 15) is 19.8 Å². The molecule has 1 aromatic carbocycles. The minimum Gasteiger partial charge on any atom is -0.457 e. The molecule has 3 rings (SSSR count). The van der Waals surface area contributed by atoms with E-state index in [0.717, 1.165) is 30.4 Å². The SMILES string of the molecule is C#CCCC1C(=O)C(C)(C)C(O)CC(=O)OC(c2ccc3oc(CN)nc3c2)C/C=C(/C)CCCC(C)C1O. The number of hydrogen-bond acceptors (Lipinski definition) is 8. The number of hydrogen-bond donors (Lipinski definition) is 3. The van der Waals surface area contributed by atoms with E-state index < -0.39 is 35.6 Å². The monoisotopic (exact) mass is 538 g/mol. The molecule has 5 atom stereocenters. The molecule has 1 aromatic heterocycles. The molecule has 39 heavy (non-hydrogen) atoms. The predicted molar refractivity (Wildman–Crippen MR) is 149 cm³/mol. The second-order valence-electron chi connectivity index (χ2n) is 11.3. The maximum absolute atomic E-state index is 13.7. The zero-order valence-electron chi connectivity index (χ0n) is 23.5. The molecule has 2 heterocycles. The van der Waals surface area contributed by atoms with E-state index in [-0.39, 0.29) is 24.7 Å². The van der Waals surface area contributed by atoms with Crippen molar-refractivity contribution in [1.29, 1.82) is 0 Å². The van der Waals surface area contributed by atoms with Gasteiger partial charge in [0, 0.05) is 18.8 Å². The van der Waals surface area contributed by atoms with Crippen LogP contribution in [0.2, 0.25) is 0 Å². The largest absolute Gasteiger partial charge is 0.457 e. The normalized spacial score (nSPS) is 28.9. The number of aliphatic hydroxyl groups excluding tert-OH is 2. The fourth-order valence-corrected chi connectivity index (χ4v) is 5.17. The Kier molecular flexibility index (Phi) is 10.5. The van der Waals surface area contributed by atoms with Crippen molar-refractivity contribution < 1.29 is 29.0 Å². The number of benzene rings is 1. The van der Waals surface area contributed by atoms with Gasteiger partial charge >= 0.3 is 5.97 Å². The van der Waals surface area contributed by atoms with Gasteiger partial charge in [0.25, 0.3) is 0 Å². The number of esters is 1. The summed E-state index contributed by atoms with van der Waals surface area (Å²) in [6.45, 7) is 7.36.